The van der Waals surface area contributed by atoms with Crippen LogP contribution in [0.15, 0.2) is 42.5 Å². The SMILES string of the molecule is CCN(CC(=O)Nc1ccccc1OC)C(=O)c1cc(OC)cc(OC)c1. The first-order valence-corrected chi connectivity index (χ1v) is 8.47. The number of benzene rings is 2. The normalized spacial score (nSPS) is 10.1. The predicted octanol–water partition coefficient (Wildman–Crippen LogP) is 2.81. The Kier molecular flexibility index (Phi) is 7.05. The van der Waals surface area contributed by atoms with Gasteiger partial charge in [-0.05, 0) is 31.2 Å². The lowest BCUT2D eigenvalue weighted by atomic mass is 10.1. The first-order valence-electron chi connectivity index (χ1n) is 8.47. The molecule has 0 atom stereocenters. The van der Waals surface area contributed by atoms with Crippen LogP contribution in [0.5, 0.6) is 17.2 Å². The van der Waals surface area contributed by atoms with E-state index >= 15 is 0 Å². The van der Waals surface area contributed by atoms with Crippen LogP contribution in [0, 0.1) is 0 Å². The summed E-state index contributed by atoms with van der Waals surface area (Å²) in [7, 11) is 4.56. The maximum absolute atomic E-state index is 12.8. The summed E-state index contributed by atoms with van der Waals surface area (Å²) in [5, 5.41) is 2.77. The topological polar surface area (TPSA) is 77.1 Å². The van der Waals surface area contributed by atoms with Crippen molar-refractivity contribution in [1.82, 2.24) is 4.90 Å². The van der Waals surface area contributed by atoms with Crippen molar-refractivity contribution < 1.29 is 23.8 Å². The lowest BCUT2D eigenvalue weighted by Crippen LogP contribution is -2.37. The van der Waals surface area contributed by atoms with E-state index in [-0.39, 0.29) is 18.4 Å². The van der Waals surface area contributed by atoms with E-state index in [0.29, 0.717) is 35.0 Å². The third kappa shape index (κ3) is 5.13. The highest BCUT2D eigenvalue weighted by atomic mass is 16.5. The number of likely N-dealkylation sites (N-methyl/N-ethyl adjacent to an activating group) is 1. The molecule has 2 rings (SSSR count). The molecular weight excluding hydrogens is 348 g/mol. The Labute approximate surface area is 158 Å². The van der Waals surface area contributed by atoms with Gasteiger partial charge in [0.2, 0.25) is 5.91 Å². The zero-order chi connectivity index (χ0) is 19.8. The van der Waals surface area contributed by atoms with Crippen molar-refractivity contribution in [2.45, 2.75) is 6.92 Å². The molecule has 0 aliphatic rings. The Bertz CT molecular complexity index is 784. The molecule has 0 spiro atoms. The maximum atomic E-state index is 12.8. The number of ether oxygens (including phenoxy) is 3. The number of methoxy groups -OCH3 is 3. The molecule has 2 aromatic carbocycles. The minimum absolute atomic E-state index is 0.0904. The average molecular weight is 372 g/mol. The molecule has 0 radical (unpaired) electrons. The van der Waals surface area contributed by atoms with Crippen molar-refractivity contribution in [2.75, 3.05) is 39.7 Å². The summed E-state index contributed by atoms with van der Waals surface area (Å²) in [5.74, 6) is 0.964. The first kappa shape index (κ1) is 20.1. The summed E-state index contributed by atoms with van der Waals surface area (Å²) < 4.78 is 15.6. The van der Waals surface area contributed by atoms with Crippen LogP contribution in [0.2, 0.25) is 0 Å². The van der Waals surface area contributed by atoms with Gasteiger partial charge >= 0.3 is 0 Å². The molecule has 0 unspecified atom stereocenters. The number of hydrogen-bond acceptors (Lipinski definition) is 5. The van der Waals surface area contributed by atoms with E-state index in [1.807, 2.05) is 13.0 Å². The fourth-order valence-electron chi connectivity index (χ4n) is 2.55. The minimum Gasteiger partial charge on any atom is -0.497 e. The first-order chi connectivity index (χ1) is 13.0. The molecule has 2 aromatic rings. The zero-order valence-electron chi connectivity index (χ0n) is 15.9. The fraction of sp³-hybridized carbons (Fsp3) is 0.300. The van der Waals surface area contributed by atoms with Crippen molar-refractivity contribution in [3.63, 3.8) is 0 Å². The van der Waals surface area contributed by atoms with Crippen LogP contribution in [-0.2, 0) is 4.79 Å². The summed E-state index contributed by atoms with van der Waals surface area (Å²) in [5.41, 5.74) is 0.940. The Morgan fingerprint density at radius 3 is 2.15 bits per heavy atom. The molecule has 0 aliphatic heterocycles. The van der Waals surface area contributed by atoms with Crippen LogP contribution in [0.4, 0.5) is 5.69 Å². The van der Waals surface area contributed by atoms with Crippen molar-refractivity contribution in [3.8, 4) is 17.2 Å². The highest BCUT2D eigenvalue weighted by Gasteiger charge is 2.19. The monoisotopic (exact) mass is 372 g/mol. The molecule has 7 nitrogen and oxygen atoms in total. The largest absolute Gasteiger partial charge is 0.497 e. The van der Waals surface area contributed by atoms with Gasteiger partial charge in [-0.3, -0.25) is 9.59 Å². The molecule has 27 heavy (non-hydrogen) atoms. The smallest absolute Gasteiger partial charge is 0.254 e. The lowest BCUT2D eigenvalue weighted by molar-refractivity contribution is -0.116. The van der Waals surface area contributed by atoms with Gasteiger partial charge in [0.25, 0.3) is 5.91 Å². The Hall–Kier alpha value is -3.22. The van der Waals surface area contributed by atoms with E-state index in [9.17, 15) is 9.59 Å². The zero-order valence-corrected chi connectivity index (χ0v) is 15.9. The number of anilines is 1. The second kappa shape index (κ2) is 9.47. The van der Waals surface area contributed by atoms with Crippen molar-refractivity contribution in [3.05, 3.63) is 48.0 Å². The molecule has 0 fully saturated rings. The number of para-hydroxylation sites is 2. The molecule has 7 heteroatoms. The van der Waals surface area contributed by atoms with Crippen LogP contribution >= 0.6 is 0 Å². The van der Waals surface area contributed by atoms with Crippen molar-refractivity contribution in [2.24, 2.45) is 0 Å². The van der Waals surface area contributed by atoms with Crippen molar-refractivity contribution >= 4 is 17.5 Å². The third-order valence-corrected chi connectivity index (χ3v) is 3.98. The highest BCUT2D eigenvalue weighted by molar-refractivity contribution is 6.00. The van der Waals surface area contributed by atoms with E-state index < -0.39 is 0 Å². The van der Waals surface area contributed by atoms with Gasteiger partial charge in [0.1, 0.15) is 23.8 Å². The van der Waals surface area contributed by atoms with Gasteiger partial charge in [-0.1, -0.05) is 12.1 Å². The van der Waals surface area contributed by atoms with Crippen LogP contribution in [0.25, 0.3) is 0 Å². The molecule has 0 saturated heterocycles. The second-order valence-corrected chi connectivity index (χ2v) is 5.67. The standard InChI is InChI=1S/C20H24N2O5/c1-5-22(13-19(23)21-17-8-6-7-9-18(17)27-4)20(24)14-10-15(25-2)12-16(11-14)26-3/h6-12H,5,13H2,1-4H3,(H,21,23). The lowest BCUT2D eigenvalue weighted by Gasteiger charge is -2.21. The van der Waals surface area contributed by atoms with Gasteiger partial charge < -0.3 is 24.4 Å². The van der Waals surface area contributed by atoms with Gasteiger partial charge in [0, 0.05) is 18.2 Å². The summed E-state index contributed by atoms with van der Waals surface area (Å²) in [4.78, 5) is 26.7. The fourth-order valence-corrected chi connectivity index (χ4v) is 2.55. The number of hydrogen-bond donors (Lipinski definition) is 1. The second-order valence-electron chi connectivity index (χ2n) is 5.67. The molecule has 144 valence electrons. The number of rotatable bonds is 8. The van der Waals surface area contributed by atoms with E-state index in [1.54, 1.807) is 36.4 Å². The van der Waals surface area contributed by atoms with Crippen LogP contribution in [-0.4, -0.2) is 51.1 Å². The van der Waals surface area contributed by atoms with E-state index in [4.69, 9.17) is 14.2 Å². The number of carbonyl (C=O) groups is 2. The van der Waals surface area contributed by atoms with Crippen LogP contribution in [0.1, 0.15) is 17.3 Å². The highest BCUT2D eigenvalue weighted by Crippen LogP contribution is 2.24. The molecular formula is C20H24N2O5. The average Bonchev–Trinajstić information content (AvgIpc) is 2.71. The molecule has 0 aromatic heterocycles. The number of nitrogens with zero attached hydrogens (tertiary/aromatic N) is 1. The number of nitrogens with one attached hydrogen (secondary N) is 1. The summed E-state index contributed by atoms with van der Waals surface area (Å²) >= 11 is 0. The van der Waals surface area contributed by atoms with Crippen LogP contribution < -0.4 is 19.5 Å². The molecule has 2 amide bonds. The van der Waals surface area contributed by atoms with Gasteiger partial charge in [-0.15, -0.1) is 0 Å². The molecule has 0 heterocycles. The Morgan fingerprint density at radius 1 is 0.963 bits per heavy atom. The van der Waals surface area contributed by atoms with E-state index in [2.05, 4.69) is 5.32 Å². The number of amides is 2. The quantitative estimate of drug-likeness (QED) is 0.771. The summed E-state index contributed by atoms with van der Waals surface area (Å²) in [6.45, 7) is 2.09. The summed E-state index contributed by atoms with van der Waals surface area (Å²) in [6.07, 6.45) is 0. The van der Waals surface area contributed by atoms with Gasteiger partial charge in [0.05, 0.1) is 27.0 Å². The maximum Gasteiger partial charge on any atom is 0.254 e. The van der Waals surface area contributed by atoms with Gasteiger partial charge in [-0.2, -0.15) is 0 Å². The summed E-state index contributed by atoms with van der Waals surface area (Å²) in [6, 6.07) is 12.0. The van der Waals surface area contributed by atoms with Gasteiger partial charge in [-0.25, -0.2) is 0 Å². The van der Waals surface area contributed by atoms with E-state index in [1.165, 1.54) is 26.2 Å². The van der Waals surface area contributed by atoms with Crippen molar-refractivity contribution in [1.29, 1.82) is 0 Å². The number of carbonyl (C=O) groups excluding carboxylic acids is 2. The van der Waals surface area contributed by atoms with E-state index in [0.717, 1.165) is 0 Å². The Morgan fingerprint density at radius 2 is 1.59 bits per heavy atom. The van der Waals surface area contributed by atoms with Gasteiger partial charge in [0.15, 0.2) is 0 Å². The molecule has 0 aliphatic carbocycles. The Balaban J connectivity index is 2.14. The predicted molar refractivity (Wildman–Crippen MR) is 103 cm³/mol. The third-order valence-electron chi connectivity index (χ3n) is 3.98. The molecule has 0 bridgehead atoms. The molecule has 1 N–H and O–H groups in total. The molecule has 0 saturated carbocycles. The van der Waals surface area contributed by atoms with Crippen LogP contribution in [0.3, 0.4) is 0 Å². The minimum atomic E-state index is -0.315.